The fraction of sp³-hybridized carbons (Fsp3) is 0.458. The van der Waals surface area contributed by atoms with Gasteiger partial charge in [-0.2, -0.15) is 13.2 Å². The SMILES string of the molecule is CC1(C)Cc2cccc(OCC(=O)NCc3ccc(N4CCOCC4)cc3C(F)(F)F)c2O1. The number of fused-ring (bicyclic) bond motifs is 1. The molecule has 1 saturated heterocycles. The molecule has 0 saturated carbocycles. The molecule has 6 nitrogen and oxygen atoms in total. The van der Waals surface area contributed by atoms with E-state index in [1.807, 2.05) is 30.9 Å². The molecule has 0 aliphatic carbocycles. The van der Waals surface area contributed by atoms with Crippen LogP contribution >= 0.6 is 0 Å². The first-order chi connectivity index (χ1) is 15.6. The highest BCUT2D eigenvalue weighted by atomic mass is 19.4. The van der Waals surface area contributed by atoms with Gasteiger partial charge in [0.25, 0.3) is 5.91 Å². The Labute approximate surface area is 190 Å². The summed E-state index contributed by atoms with van der Waals surface area (Å²) in [6, 6.07) is 9.66. The van der Waals surface area contributed by atoms with E-state index in [9.17, 15) is 18.0 Å². The summed E-state index contributed by atoms with van der Waals surface area (Å²) in [4.78, 5) is 14.2. The molecule has 0 bridgehead atoms. The number of alkyl halides is 3. The van der Waals surface area contributed by atoms with Crippen molar-refractivity contribution in [1.29, 1.82) is 0 Å². The zero-order valence-corrected chi connectivity index (χ0v) is 18.6. The Morgan fingerprint density at radius 1 is 1.18 bits per heavy atom. The first kappa shape index (κ1) is 23.2. The van der Waals surface area contributed by atoms with Gasteiger partial charge < -0.3 is 24.4 Å². The number of hydrogen-bond donors (Lipinski definition) is 1. The lowest BCUT2D eigenvalue weighted by Crippen LogP contribution is -2.36. The Hall–Kier alpha value is -2.94. The van der Waals surface area contributed by atoms with E-state index in [1.54, 1.807) is 12.1 Å². The number of hydrogen-bond acceptors (Lipinski definition) is 5. The van der Waals surface area contributed by atoms with Crippen molar-refractivity contribution in [1.82, 2.24) is 5.32 Å². The molecule has 2 aliphatic heterocycles. The summed E-state index contributed by atoms with van der Waals surface area (Å²) in [6.45, 7) is 5.38. The van der Waals surface area contributed by atoms with Gasteiger partial charge in [-0.25, -0.2) is 0 Å². The first-order valence-electron chi connectivity index (χ1n) is 10.9. The summed E-state index contributed by atoms with van der Waals surface area (Å²) in [5.41, 5.74) is 0.367. The van der Waals surface area contributed by atoms with Gasteiger partial charge in [0.05, 0.1) is 18.8 Å². The molecule has 0 unspecified atom stereocenters. The van der Waals surface area contributed by atoms with Crippen LogP contribution in [0.2, 0.25) is 0 Å². The van der Waals surface area contributed by atoms with Gasteiger partial charge in [-0.05, 0) is 37.6 Å². The number of carbonyl (C=O) groups is 1. The highest BCUT2D eigenvalue weighted by Gasteiger charge is 2.34. The van der Waals surface area contributed by atoms with Gasteiger partial charge in [0.2, 0.25) is 0 Å². The van der Waals surface area contributed by atoms with Crippen LogP contribution in [-0.4, -0.2) is 44.4 Å². The maximum Gasteiger partial charge on any atom is 0.416 e. The minimum absolute atomic E-state index is 0.00135. The molecule has 1 fully saturated rings. The molecule has 4 rings (SSSR count). The quantitative estimate of drug-likeness (QED) is 0.702. The van der Waals surface area contributed by atoms with Gasteiger partial charge >= 0.3 is 6.18 Å². The lowest BCUT2D eigenvalue weighted by molar-refractivity contribution is -0.138. The molecular formula is C24H27F3N2O4. The average molecular weight is 464 g/mol. The van der Waals surface area contributed by atoms with Crippen LogP contribution in [0.3, 0.4) is 0 Å². The van der Waals surface area contributed by atoms with Gasteiger partial charge in [-0.1, -0.05) is 18.2 Å². The number of halogens is 3. The van der Waals surface area contributed by atoms with E-state index in [2.05, 4.69) is 5.32 Å². The molecule has 1 N–H and O–H groups in total. The average Bonchev–Trinajstić information content (AvgIpc) is 3.10. The van der Waals surface area contributed by atoms with Crippen molar-refractivity contribution in [3.8, 4) is 11.5 Å². The number of anilines is 1. The van der Waals surface area contributed by atoms with Gasteiger partial charge in [-0.3, -0.25) is 4.79 Å². The Bertz CT molecular complexity index is 1020. The molecule has 178 valence electrons. The molecule has 2 aliphatic rings. The minimum Gasteiger partial charge on any atom is -0.483 e. The Balaban J connectivity index is 1.39. The standard InChI is InChI=1S/C24H27F3N2O4/c1-23(2)13-16-4-3-5-20(22(16)33-23)32-15-21(30)28-14-17-6-7-18(12-19(17)24(25,26)27)29-8-10-31-11-9-29/h3-7,12H,8-11,13-15H2,1-2H3,(H,28,30). The summed E-state index contributed by atoms with van der Waals surface area (Å²) >= 11 is 0. The monoisotopic (exact) mass is 464 g/mol. The van der Waals surface area contributed by atoms with Gasteiger partial charge in [0, 0.05) is 37.3 Å². The normalized spacial score (nSPS) is 17.3. The van der Waals surface area contributed by atoms with Crippen LogP contribution in [0.4, 0.5) is 18.9 Å². The maximum atomic E-state index is 13.7. The first-order valence-corrected chi connectivity index (χ1v) is 10.9. The van der Waals surface area contributed by atoms with E-state index >= 15 is 0 Å². The molecule has 9 heteroatoms. The third kappa shape index (κ3) is 5.52. The van der Waals surface area contributed by atoms with Crippen LogP contribution in [-0.2, 0) is 28.7 Å². The number of rotatable bonds is 6. The molecule has 0 radical (unpaired) electrons. The maximum absolute atomic E-state index is 13.7. The highest BCUT2D eigenvalue weighted by molar-refractivity contribution is 5.77. The largest absolute Gasteiger partial charge is 0.483 e. The number of nitrogens with zero attached hydrogens (tertiary/aromatic N) is 1. The van der Waals surface area contributed by atoms with E-state index in [4.69, 9.17) is 14.2 Å². The lowest BCUT2D eigenvalue weighted by Gasteiger charge is -2.29. The van der Waals surface area contributed by atoms with E-state index in [-0.39, 0.29) is 24.3 Å². The van der Waals surface area contributed by atoms with Gasteiger partial charge in [0.1, 0.15) is 5.60 Å². The molecule has 0 aromatic heterocycles. The zero-order valence-electron chi connectivity index (χ0n) is 18.6. The lowest BCUT2D eigenvalue weighted by atomic mass is 10.0. The van der Waals surface area contributed by atoms with Crippen molar-refractivity contribution in [3.63, 3.8) is 0 Å². The van der Waals surface area contributed by atoms with Crippen molar-refractivity contribution in [2.24, 2.45) is 0 Å². The second-order valence-corrected chi connectivity index (χ2v) is 8.79. The molecule has 2 aromatic carbocycles. The predicted molar refractivity (Wildman–Crippen MR) is 117 cm³/mol. The number of amides is 1. The second-order valence-electron chi connectivity index (χ2n) is 8.79. The Morgan fingerprint density at radius 2 is 1.94 bits per heavy atom. The Kier molecular flexibility index (Phi) is 6.43. The van der Waals surface area contributed by atoms with E-state index in [0.29, 0.717) is 43.5 Å². The summed E-state index contributed by atoms with van der Waals surface area (Å²) in [5, 5.41) is 2.53. The number of carbonyl (C=O) groups excluding carboxylic acids is 1. The number of ether oxygens (including phenoxy) is 3. The van der Waals surface area contributed by atoms with E-state index < -0.39 is 17.6 Å². The summed E-state index contributed by atoms with van der Waals surface area (Å²) in [5.74, 6) is 0.530. The summed E-state index contributed by atoms with van der Waals surface area (Å²) in [7, 11) is 0. The molecular weight excluding hydrogens is 437 g/mol. The smallest absolute Gasteiger partial charge is 0.416 e. The fourth-order valence-corrected chi connectivity index (χ4v) is 4.09. The summed E-state index contributed by atoms with van der Waals surface area (Å²) < 4.78 is 57.8. The number of benzene rings is 2. The number of nitrogens with one attached hydrogen (secondary N) is 1. The zero-order chi connectivity index (χ0) is 23.6. The second kappa shape index (κ2) is 9.13. The number of para-hydroxylation sites is 1. The van der Waals surface area contributed by atoms with Crippen LogP contribution < -0.4 is 19.7 Å². The van der Waals surface area contributed by atoms with Gasteiger partial charge in [0.15, 0.2) is 18.1 Å². The fourth-order valence-electron chi connectivity index (χ4n) is 4.09. The van der Waals surface area contributed by atoms with Crippen LogP contribution in [0.25, 0.3) is 0 Å². The molecule has 0 atom stereocenters. The van der Waals surface area contributed by atoms with Crippen molar-refractivity contribution in [3.05, 3.63) is 53.1 Å². The Morgan fingerprint density at radius 3 is 2.67 bits per heavy atom. The van der Waals surface area contributed by atoms with E-state index in [1.165, 1.54) is 6.07 Å². The molecule has 2 aromatic rings. The van der Waals surface area contributed by atoms with Crippen LogP contribution in [0.15, 0.2) is 36.4 Å². The van der Waals surface area contributed by atoms with Crippen LogP contribution in [0.1, 0.15) is 30.5 Å². The van der Waals surface area contributed by atoms with E-state index in [0.717, 1.165) is 18.1 Å². The van der Waals surface area contributed by atoms with Crippen molar-refractivity contribution in [2.45, 2.75) is 38.6 Å². The highest BCUT2D eigenvalue weighted by Crippen LogP contribution is 2.41. The molecule has 33 heavy (non-hydrogen) atoms. The summed E-state index contributed by atoms with van der Waals surface area (Å²) in [6.07, 6.45) is -3.81. The molecule has 2 heterocycles. The molecule has 0 spiro atoms. The van der Waals surface area contributed by atoms with Crippen molar-refractivity contribution in [2.75, 3.05) is 37.8 Å². The van der Waals surface area contributed by atoms with Crippen LogP contribution in [0, 0.1) is 0 Å². The van der Waals surface area contributed by atoms with Crippen molar-refractivity contribution < 1.29 is 32.2 Å². The van der Waals surface area contributed by atoms with Gasteiger partial charge in [-0.15, -0.1) is 0 Å². The van der Waals surface area contributed by atoms with Crippen molar-refractivity contribution >= 4 is 11.6 Å². The number of morpholine rings is 1. The third-order valence-corrected chi connectivity index (χ3v) is 5.66. The third-order valence-electron chi connectivity index (χ3n) is 5.66. The minimum atomic E-state index is -4.53. The molecule has 1 amide bonds. The predicted octanol–water partition coefficient (Wildman–Crippen LogP) is 3.95. The topological polar surface area (TPSA) is 60.0 Å². The van der Waals surface area contributed by atoms with Crippen LogP contribution in [0.5, 0.6) is 11.5 Å².